The number of hydrogen-bond donors (Lipinski definition) is 1. The second-order valence-corrected chi connectivity index (χ2v) is 5.41. The van der Waals surface area contributed by atoms with E-state index in [2.05, 4.69) is 0 Å². The summed E-state index contributed by atoms with van der Waals surface area (Å²) in [7, 11) is 0. The molecule has 0 aliphatic carbocycles. The zero-order valence-electron chi connectivity index (χ0n) is 11.9. The van der Waals surface area contributed by atoms with Crippen molar-refractivity contribution in [2.24, 2.45) is 11.3 Å². The van der Waals surface area contributed by atoms with Crippen LogP contribution in [0.15, 0.2) is 0 Å². The van der Waals surface area contributed by atoms with E-state index >= 15 is 0 Å². The predicted octanol–water partition coefficient (Wildman–Crippen LogP) is 1.62. The number of esters is 2. The molecule has 0 saturated carbocycles. The monoisotopic (exact) mass is 274 g/mol. The summed E-state index contributed by atoms with van der Waals surface area (Å²) in [5.41, 5.74) is -0.606. The lowest BCUT2D eigenvalue weighted by molar-refractivity contribution is -0.159. The van der Waals surface area contributed by atoms with Crippen molar-refractivity contribution >= 4 is 17.9 Å². The van der Waals surface area contributed by atoms with Gasteiger partial charge in [0, 0.05) is 6.42 Å². The SMILES string of the molecule is CC(COC(=O)C(C)(C)C)C(=O)OCCCC(=O)O. The lowest BCUT2D eigenvalue weighted by atomic mass is 9.97. The molecular weight excluding hydrogens is 252 g/mol. The Labute approximate surface area is 113 Å². The highest BCUT2D eigenvalue weighted by Gasteiger charge is 2.25. The normalized spacial score (nSPS) is 12.6. The third kappa shape index (κ3) is 8.18. The van der Waals surface area contributed by atoms with Crippen LogP contribution in [0.3, 0.4) is 0 Å². The van der Waals surface area contributed by atoms with Crippen LogP contribution in [-0.2, 0) is 23.9 Å². The molecule has 1 atom stereocenters. The first-order valence-electron chi connectivity index (χ1n) is 6.20. The van der Waals surface area contributed by atoms with Gasteiger partial charge in [0.15, 0.2) is 0 Å². The van der Waals surface area contributed by atoms with Gasteiger partial charge in [0.25, 0.3) is 0 Å². The van der Waals surface area contributed by atoms with Gasteiger partial charge in [0.1, 0.15) is 6.61 Å². The van der Waals surface area contributed by atoms with Gasteiger partial charge < -0.3 is 14.6 Å². The van der Waals surface area contributed by atoms with Crippen molar-refractivity contribution in [1.82, 2.24) is 0 Å². The summed E-state index contributed by atoms with van der Waals surface area (Å²) >= 11 is 0. The van der Waals surface area contributed by atoms with E-state index in [1.165, 1.54) is 0 Å². The molecule has 0 spiro atoms. The Kier molecular flexibility index (Phi) is 7.11. The van der Waals surface area contributed by atoms with Crippen LogP contribution in [0.5, 0.6) is 0 Å². The molecule has 0 aromatic rings. The standard InChI is InChI=1S/C13H22O6/c1-9(8-19-12(17)13(2,3)4)11(16)18-7-5-6-10(14)15/h9H,5-8H2,1-4H3,(H,14,15). The highest BCUT2D eigenvalue weighted by Crippen LogP contribution is 2.16. The quantitative estimate of drug-likeness (QED) is 0.560. The Morgan fingerprint density at radius 3 is 2.21 bits per heavy atom. The van der Waals surface area contributed by atoms with Crippen molar-refractivity contribution < 1.29 is 29.0 Å². The Morgan fingerprint density at radius 1 is 1.16 bits per heavy atom. The van der Waals surface area contributed by atoms with Gasteiger partial charge in [-0.1, -0.05) is 0 Å². The van der Waals surface area contributed by atoms with Crippen LogP contribution in [0.2, 0.25) is 0 Å². The van der Waals surface area contributed by atoms with Crippen molar-refractivity contribution in [3.05, 3.63) is 0 Å². The van der Waals surface area contributed by atoms with Crippen LogP contribution >= 0.6 is 0 Å². The maximum absolute atomic E-state index is 11.5. The number of carboxylic acid groups (broad SMARTS) is 1. The molecule has 6 heteroatoms. The maximum Gasteiger partial charge on any atom is 0.312 e. The van der Waals surface area contributed by atoms with E-state index < -0.39 is 23.3 Å². The molecule has 1 unspecified atom stereocenters. The molecule has 0 aliphatic rings. The summed E-state index contributed by atoms with van der Waals surface area (Å²) in [6.45, 7) is 6.80. The number of carbonyl (C=O) groups excluding carboxylic acids is 2. The highest BCUT2D eigenvalue weighted by atomic mass is 16.5. The zero-order chi connectivity index (χ0) is 15.1. The van der Waals surface area contributed by atoms with Gasteiger partial charge >= 0.3 is 17.9 Å². The van der Waals surface area contributed by atoms with Crippen LogP contribution < -0.4 is 0 Å². The van der Waals surface area contributed by atoms with Gasteiger partial charge in [-0.2, -0.15) is 0 Å². The number of ether oxygens (including phenoxy) is 2. The van der Waals surface area contributed by atoms with Gasteiger partial charge in [0.2, 0.25) is 0 Å². The minimum absolute atomic E-state index is 0.0339. The summed E-state index contributed by atoms with van der Waals surface area (Å²) in [4.78, 5) is 33.2. The summed E-state index contributed by atoms with van der Waals surface area (Å²) < 4.78 is 9.88. The number of carbonyl (C=O) groups is 3. The van der Waals surface area contributed by atoms with Crippen LogP contribution in [0, 0.1) is 11.3 Å². The average molecular weight is 274 g/mol. The lowest BCUT2D eigenvalue weighted by Crippen LogP contribution is -2.28. The van der Waals surface area contributed by atoms with E-state index in [9.17, 15) is 14.4 Å². The minimum atomic E-state index is -0.928. The van der Waals surface area contributed by atoms with Crippen molar-refractivity contribution in [3.8, 4) is 0 Å². The third-order valence-electron chi connectivity index (χ3n) is 2.26. The van der Waals surface area contributed by atoms with Crippen LogP contribution in [0.4, 0.5) is 0 Å². The molecule has 1 N–H and O–H groups in total. The molecule has 0 rings (SSSR count). The molecule has 0 fully saturated rings. The van der Waals surface area contributed by atoms with E-state index in [0.29, 0.717) is 0 Å². The number of hydrogen-bond acceptors (Lipinski definition) is 5. The van der Waals surface area contributed by atoms with E-state index in [4.69, 9.17) is 14.6 Å². The second-order valence-electron chi connectivity index (χ2n) is 5.41. The minimum Gasteiger partial charge on any atom is -0.481 e. The van der Waals surface area contributed by atoms with E-state index in [1.54, 1.807) is 27.7 Å². The predicted molar refractivity (Wildman–Crippen MR) is 67.4 cm³/mol. The summed E-state index contributed by atoms with van der Waals surface area (Å²) in [6, 6.07) is 0. The van der Waals surface area contributed by atoms with Crippen LogP contribution in [0.1, 0.15) is 40.5 Å². The molecule has 0 aliphatic heterocycles. The van der Waals surface area contributed by atoms with Crippen molar-refractivity contribution in [1.29, 1.82) is 0 Å². The van der Waals surface area contributed by atoms with Gasteiger partial charge in [0.05, 0.1) is 17.9 Å². The van der Waals surface area contributed by atoms with Gasteiger partial charge in [-0.25, -0.2) is 0 Å². The number of rotatable bonds is 7. The van der Waals surface area contributed by atoms with Crippen LogP contribution in [0.25, 0.3) is 0 Å². The van der Waals surface area contributed by atoms with Gasteiger partial charge in [-0.3, -0.25) is 14.4 Å². The number of carboxylic acids is 1. The molecule has 110 valence electrons. The first-order valence-corrected chi connectivity index (χ1v) is 6.20. The van der Waals surface area contributed by atoms with Gasteiger partial charge in [-0.05, 0) is 34.1 Å². The largest absolute Gasteiger partial charge is 0.481 e. The first kappa shape index (κ1) is 17.4. The molecule has 0 aromatic heterocycles. The summed E-state index contributed by atoms with van der Waals surface area (Å²) in [5, 5.41) is 8.41. The summed E-state index contributed by atoms with van der Waals surface area (Å²) in [5.74, 6) is -2.36. The molecule has 0 bridgehead atoms. The fourth-order valence-corrected chi connectivity index (χ4v) is 1.02. The third-order valence-corrected chi connectivity index (χ3v) is 2.26. The topological polar surface area (TPSA) is 89.9 Å². The van der Waals surface area contributed by atoms with E-state index in [-0.39, 0.29) is 32.0 Å². The van der Waals surface area contributed by atoms with Crippen LogP contribution in [-0.4, -0.2) is 36.2 Å². The molecule has 0 amide bonds. The smallest absolute Gasteiger partial charge is 0.312 e. The fourth-order valence-electron chi connectivity index (χ4n) is 1.02. The molecular formula is C13H22O6. The van der Waals surface area contributed by atoms with Crippen molar-refractivity contribution in [2.75, 3.05) is 13.2 Å². The lowest BCUT2D eigenvalue weighted by Gasteiger charge is -2.18. The maximum atomic E-state index is 11.5. The Morgan fingerprint density at radius 2 is 1.74 bits per heavy atom. The van der Waals surface area contributed by atoms with Gasteiger partial charge in [-0.15, -0.1) is 0 Å². The first-order chi connectivity index (χ1) is 8.64. The molecule has 0 saturated heterocycles. The highest BCUT2D eigenvalue weighted by molar-refractivity contribution is 5.76. The van der Waals surface area contributed by atoms with E-state index in [0.717, 1.165) is 0 Å². The Bertz CT molecular complexity index is 329. The zero-order valence-corrected chi connectivity index (χ0v) is 11.9. The van der Waals surface area contributed by atoms with Crippen molar-refractivity contribution in [3.63, 3.8) is 0 Å². The Hall–Kier alpha value is -1.59. The van der Waals surface area contributed by atoms with E-state index in [1.807, 2.05) is 0 Å². The average Bonchev–Trinajstić information content (AvgIpc) is 2.29. The fraction of sp³-hybridized carbons (Fsp3) is 0.769. The second kappa shape index (κ2) is 7.76. The Balaban J connectivity index is 3.88. The molecule has 0 heterocycles. The molecule has 0 aromatic carbocycles. The summed E-state index contributed by atoms with van der Waals surface area (Å²) in [6.07, 6.45) is 0.232. The molecule has 6 nitrogen and oxygen atoms in total. The van der Waals surface area contributed by atoms with Crippen molar-refractivity contribution in [2.45, 2.75) is 40.5 Å². The molecule has 0 radical (unpaired) electrons. The number of aliphatic carboxylic acids is 1. The molecule has 19 heavy (non-hydrogen) atoms.